The summed E-state index contributed by atoms with van der Waals surface area (Å²) < 4.78 is 10.5. The van der Waals surface area contributed by atoms with Crippen molar-refractivity contribution in [1.82, 2.24) is 16.0 Å². The third-order valence-electron chi connectivity index (χ3n) is 3.60. The van der Waals surface area contributed by atoms with Crippen molar-refractivity contribution in [3.63, 3.8) is 0 Å². The zero-order chi connectivity index (χ0) is 21.2. The third-order valence-corrected chi connectivity index (χ3v) is 3.60. The highest BCUT2D eigenvalue weighted by Crippen LogP contribution is 2.10. The Balaban J connectivity index is 0.00000784. The molecule has 0 aliphatic heterocycles. The highest BCUT2D eigenvalue weighted by molar-refractivity contribution is 14.0. The topological polar surface area (TPSA) is 84.0 Å². The molecule has 0 aliphatic carbocycles. The van der Waals surface area contributed by atoms with Gasteiger partial charge in [0, 0.05) is 20.2 Å². The second-order valence-electron chi connectivity index (χ2n) is 8.31. The maximum absolute atomic E-state index is 12.0. The molecule has 0 bridgehead atoms. The van der Waals surface area contributed by atoms with E-state index in [1.165, 1.54) is 0 Å². The van der Waals surface area contributed by atoms with E-state index in [2.05, 4.69) is 27.0 Å². The molecule has 29 heavy (non-hydrogen) atoms. The molecule has 0 saturated heterocycles. The molecule has 1 amide bonds. The standard InChI is InChI=1S/C21H36N4O3.HI/c1-8-22-18(23-13-16-10-9-11-17(12-16)14-27-7)24-15-21(5,6)25-19(26)28-20(2,3)4;/h9-12H,8,13-15H2,1-7H3,(H,25,26)(H2,22,23,24);1H. The van der Waals surface area contributed by atoms with Crippen LogP contribution in [0.5, 0.6) is 0 Å². The molecular weight excluding hydrogens is 483 g/mol. The number of hydrogen-bond acceptors (Lipinski definition) is 4. The first-order valence-electron chi connectivity index (χ1n) is 9.65. The summed E-state index contributed by atoms with van der Waals surface area (Å²) in [6.07, 6.45) is -0.434. The average Bonchev–Trinajstić information content (AvgIpc) is 2.56. The van der Waals surface area contributed by atoms with Crippen molar-refractivity contribution in [2.45, 2.75) is 65.8 Å². The largest absolute Gasteiger partial charge is 0.444 e. The van der Waals surface area contributed by atoms with Gasteiger partial charge >= 0.3 is 6.09 Å². The van der Waals surface area contributed by atoms with Crippen LogP contribution in [-0.2, 0) is 22.6 Å². The molecule has 7 nitrogen and oxygen atoms in total. The van der Waals surface area contributed by atoms with Gasteiger partial charge in [-0.3, -0.25) is 0 Å². The number of carbonyl (C=O) groups excluding carboxylic acids is 1. The first-order chi connectivity index (χ1) is 13.0. The van der Waals surface area contributed by atoms with Crippen molar-refractivity contribution in [3.8, 4) is 0 Å². The molecule has 0 unspecified atom stereocenters. The maximum atomic E-state index is 12.0. The van der Waals surface area contributed by atoms with Crippen LogP contribution in [0.2, 0.25) is 0 Å². The normalized spacial score (nSPS) is 12.0. The Morgan fingerprint density at radius 2 is 1.76 bits per heavy atom. The van der Waals surface area contributed by atoms with Crippen LogP contribution in [0.3, 0.4) is 0 Å². The molecule has 166 valence electrons. The number of aliphatic imine (C=N–C) groups is 1. The molecule has 0 radical (unpaired) electrons. The van der Waals surface area contributed by atoms with E-state index in [1.54, 1.807) is 7.11 Å². The number of methoxy groups -OCH3 is 1. The minimum absolute atomic E-state index is 0. The fourth-order valence-electron chi connectivity index (χ4n) is 2.43. The Morgan fingerprint density at radius 1 is 1.10 bits per heavy atom. The summed E-state index contributed by atoms with van der Waals surface area (Å²) in [6, 6.07) is 8.17. The SMILES string of the molecule is CCNC(=NCc1cccc(COC)c1)NCC(C)(C)NC(=O)OC(C)(C)C.I. The van der Waals surface area contributed by atoms with E-state index in [0.29, 0.717) is 25.7 Å². The average molecular weight is 520 g/mol. The third kappa shape index (κ3) is 12.6. The van der Waals surface area contributed by atoms with Gasteiger partial charge in [0.05, 0.1) is 18.7 Å². The lowest BCUT2D eigenvalue weighted by molar-refractivity contribution is 0.0474. The molecule has 0 saturated carbocycles. The minimum atomic E-state index is -0.526. The Labute approximate surface area is 192 Å². The zero-order valence-electron chi connectivity index (χ0n) is 18.7. The number of guanidine groups is 1. The van der Waals surface area contributed by atoms with Gasteiger partial charge in [0.15, 0.2) is 5.96 Å². The second-order valence-corrected chi connectivity index (χ2v) is 8.31. The number of halogens is 1. The van der Waals surface area contributed by atoms with Crippen LogP contribution in [-0.4, -0.2) is 43.4 Å². The predicted octanol–water partition coefficient (Wildman–Crippen LogP) is 3.81. The van der Waals surface area contributed by atoms with E-state index < -0.39 is 17.2 Å². The van der Waals surface area contributed by atoms with E-state index in [4.69, 9.17) is 9.47 Å². The van der Waals surface area contributed by atoms with Crippen LogP contribution < -0.4 is 16.0 Å². The van der Waals surface area contributed by atoms with Gasteiger partial charge < -0.3 is 25.4 Å². The van der Waals surface area contributed by atoms with Gasteiger partial charge in [-0.2, -0.15) is 0 Å². The predicted molar refractivity (Wildman–Crippen MR) is 129 cm³/mol. The Morgan fingerprint density at radius 3 is 2.34 bits per heavy atom. The van der Waals surface area contributed by atoms with E-state index in [1.807, 2.05) is 59.7 Å². The van der Waals surface area contributed by atoms with Crippen LogP contribution >= 0.6 is 24.0 Å². The highest BCUT2D eigenvalue weighted by atomic mass is 127. The molecule has 0 fully saturated rings. The molecule has 8 heteroatoms. The van der Waals surface area contributed by atoms with Crippen LogP contribution in [0.25, 0.3) is 0 Å². The minimum Gasteiger partial charge on any atom is -0.444 e. The summed E-state index contributed by atoms with van der Waals surface area (Å²) in [4.78, 5) is 16.7. The van der Waals surface area contributed by atoms with Gasteiger partial charge in [-0.05, 0) is 52.7 Å². The monoisotopic (exact) mass is 520 g/mol. The van der Waals surface area contributed by atoms with Crippen molar-refractivity contribution < 1.29 is 14.3 Å². The summed E-state index contributed by atoms with van der Waals surface area (Å²) in [5, 5.41) is 9.40. The van der Waals surface area contributed by atoms with Crippen LogP contribution in [0.15, 0.2) is 29.3 Å². The van der Waals surface area contributed by atoms with Crippen LogP contribution in [0, 0.1) is 0 Å². The summed E-state index contributed by atoms with van der Waals surface area (Å²) in [5.41, 5.74) is 1.20. The van der Waals surface area contributed by atoms with Crippen molar-refractivity contribution in [2.24, 2.45) is 4.99 Å². The van der Waals surface area contributed by atoms with Gasteiger partial charge in [-0.25, -0.2) is 9.79 Å². The number of carbonyl (C=O) groups is 1. The number of nitrogens with zero attached hydrogens (tertiary/aromatic N) is 1. The number of amides is 1. The lowest BCUT2D eigenvalue weighted by Gasteiger charge is -2.29. The number of hydrogen-bond donors (Lipinski definition) is 3. The number of benzene rings is 1. The van der Waals surface area contributed by atoms with E-state index in [0.717, 1.165) is 17.7 Å². The highest BCUT2D eigenvalue weighted by Gasteiger charge is 2.24. The van der Waals surface area contributed by atoms with Crippen molar-refractivity contribution in [3.05, 3.63) is 35.4 Å². The Kier molecular flexibility index (Phi) is 12.2. The quantitative estimate of drug-likeness (QED) is 0.276. The molecular formula is C21H37IN4O3. The summed E-state index contributed by atoms with van der Waals surface area (Å²) in [5.74, 6) is 0.693. The Hall–Kier alpha value is -1.55. The summed E-state index contributed by atoms with van der Waals surface area (Å²) in [7, 11) is 1.69. The smallest absolute Gasteiger partial charge is 0.408 e. The van der Waals surface area contributed by atoms with Gasteiger partial charge in [-0.15, -0.1) is 24.0 Å². The van der Waals surface area contributed by atoms with Crippen molar-refractivity contribution in [2.75, 3.05) is 20.2 Å². The fourth-order valence-corrected chi connectivity index (χ4v) is 2.43. The number of rotatable bonds is 8. The van der Waals surface area contributed by atoms with Gasteiger partial charge in [-0.1, -0.05) is 24.3 Å². The van der Waals surface area contributed by atoms with Crippen LogP contribution in [0.4, 0.5) is 4.79 Å². The first kappa shape index (κ1) is 27.5. The molecule has 0 atom stereocenters. The number of alkyl carbamates (subject to hydrolysis) is 1. The number of ether oxygens (including phenoxy) is 2. The molecule has 0 aromatic heterocycles. The van der Waals surface area contributed by atoms with Crippen molar-refractivity contribution in [1.29, 1.82) is 0 Å². The summed E-state index contributed by atoms with van der Waals surface area (Å²) >= 11 is 0. The van der Waals surface area contributed by atoms with Gasteiger partial charge in [0.2, 0.25) is 0 Å². The molecule has 0 aliphatic rings. The maximum Gasteiger partial charge on any atom is 0.408 e. The lowest BCUT2D eigenvalue weighted by Crippen LogP contribution is -2.54. The zero-order valence-corrected chi connectivity index (χ0v) is 21.0. The second kappa shape index (κ2) is 12.9. The first-order valence-corrected chi connectivity index (χ1v) is 9.65. The molecule has 1 rings (SSSR count). The molecule has 1 aromatic carbocycles. The molecule has 0 spiro atoms. The lowest BCUT2D eigenvalue weighted by atomic mass is 10.1. The molecule has 3 N–H and O–H groups in total. The van der Waals surface area contributed by atoms with E-state index in [9.17, 15) is 4.79 Å². The van der Waals surface area contributed by atoms with Gasteiger partial charge in [0.1, 0.15) is 5.60 Å². The van der Waals surface area contributed by atoms with E-state index in [-0.39, 0.29) is 24.0 Å². The molecule has 1 aromatic rings. The van der Waals surface area contributed by atoms with E-state index >= 15 is 0 Å². The van der Waals surface area contributed by atoms with Gasteiger partial charge in [0.25, 0.3) is 0 Å². The number of nitrogens with one attached hydrogen (secondary N) is 3. The summed E-state index contributed by atoms with van der Waals surface area (Å²) in [6.45, 7) is 13.8. The Bertz CT molecular complexity index is 658. The molecule has 0 heterocycles. The van der Waals surface area contributed by atoms with Crippen molar-refractivity contribution >= 4 is 36.0 Å². The fraction of sp³-hybridized carbons (Fsp3) is 0.619. The van der Waals surface area contributed by atoms with Crippen LogP contribution in [0.1, 0.15) is 52.7 Å².